The van der Waals surface area contributed by atoms with E-state index in [2.05, 4.69) is 9.97 Å². The molecule has 6 heteroatoms. The second kappa shape index (κ2) is 6.26. The molecule has 2 heterocycles. The van der Waals surface area contributed by atoms with Crippen molar-refractivity contribution in [3.63, 3.8) is 0 Å². The first-order valence-electron chi connectivity index (χ1n) is 7.97. The zero-order valence-electron chi connectivity index (χ0n) is 13.5. The van der Waals surface area contributed by atoms with Crippen molar-refractivity contribution < 1.29 is 9.47 Å². The van der Waals surface area contributed by atoms with Crippen LogP contribution >= 0.6 is 11.6 Å². The van der Waals surface area contributed by atoms with Crippen LogP contribution < -0.4 is 15.0 Å². The SMILES string of the molecule is CCOc1cccc2c1Oc1nc(-c3ccc(Cl)cc3)[nH]c(=O)c1C2. The van der Waals surface area contributed by atoms with E-state index in [0.717, 1.165) is 11.1 Å². The molecule has 0 unspecified atom stereocenters. The Morgan fingerprint density at radius 3 is 2.80 bits per heavy atom. The van der Waals surface area contributed by atoms with Gasteiger partial charge in [-0.15, -0.1) is 0 Å². The number of fused-ring (bicyclic) bond motifs is 2. The van der Waals surface area contributed by atoms with Crippen LogP contribution in [0.15, 0.2) is 47.3 Å². The van der Waals surface area contributed by atoms with Gasteiger partial charge < -0.3 is 14.5 Å². The van der Waals surface area contributed by atoms with Crippen LogP contribution in [0, 0.1) is 0 Å². The zero-order valence-corrected chi connectivity index (χ0v) is 14.3. The number of para-hydroxylation sites is 1. The second-order valence-electron chi connectivity index (χ2n) is 5.66. The molecule has 126 valence electrons. The molecule has 1 N–H and O–H groups in total. The van der Waals surface area contributed by atoms with E-state index in [4.69, 9.17) is 21.1 Å². The first kappa shape index (κ1) is 15.7. The molecular weight excluding hydrogens is 340 g/mol. The molecule has 1 aliphatic rings. The van der Waals surface area contributed by atoms with Crippen LogP contribution in [0.3, 0.4) is 0 Å². The molecule has 0 saturated carbocycles. The number of aromatic amines is 1. The van der Waals surface area contributed by atoms with E-state index in [1.807, 2.05) is 25.1 Å². The summed E-state index contributed by atoms with van der Waals surface area (Å²) in [5.41, 5.74) is 1.98. The van der Waals surface area contributed by atoms with Gasteiger partial charge in [-0.05, 0) is 37.3 Å². The van der Waals surface area contributed by atoms with Crippen molar-refractivity contribution in [1.82, 2.24) is 9.97 Å². The quantitative estimate of drug-likeness (QED) is 0.599. The van der Waals surface area contributed by atoms with Gasteiger partial charge in [0.2, 0.25) is 5.88 Å². The maximum atomic E-state index is 12.5. The molecule has 3 aromatic rings. The van der Waals surface area contributed by atoms with E-state index in [1.54, 1.807) is 24.3 Å². The van der Waals surface area contributed by atoms with Gasteiger partial charge in [-0.1, -0.05) is 23.7 Å². The van der Waals surface area contributed by atoms with Crippen molar-refractivity contribution >= 4 is 11.6 Å². The topological polar surface area (TPSA) is 64.2 Å². The smallest absolute Gasteiger partial charge is 0.258 e. The van der Waals surface area contributed by atoms with Gasteiger partial charge in [0.25, 0.3) is 5.56 Å². The molecule has 0 atom stereocenters. The molecule has 1 aromatic heterocycles. The summed E-state index contributed by atoms with van der Waals surface area (Å²) in [6, 6.07) is 12.8. The van der Waals surface area contributed by atoms with Crippen LogP contribution in [-0.2, 0) is 6.42 Å². The van der Waals surface area contributed by atoms with Crippen LogP contribution in [0.4, 0.5) is 0 Å². The molecule has 5 nitrogen and oxygen atoms in total. The lowest BCUT2D eigenvalue weighted by atomic mass is 10.0. The van der Waals surface area contributed by atoms with E-state index in [9.17, 15) is 4.79 Å². The first-order valence-corrected chi connectivity index (χ1v) is 8.35. The lowest BCUT2D eigenvalue weighted by Gasteiger charge is -2.21. The minimum atomic E-state index is -0.206. The van der Waals surface area contributed by atoms with Crippen LogP contribution in [-0.4, -0.2) is 16.6 Å². The Hall–Kier alpha value is -2.79. The second-order valence-corrected chi connectivity index (χ2v) is 6.10. The van der Waals surface area contributed by atoms with Crippen molar-refractivity contribution in [2.24, 2.45) is 0 Å². The third-order valence-corrected chi connectivity index (χ3v) is 4.27. The highest BCUT2D eigenvalue weighted by Gasteiger charge is 2.25. The average Bonchev–Trinajstić information content (AvgIpc) is 2.62. The van der Waals surface area contributed by atoms with Crippen LogP contribution in [0.1, 0.15) is 18.1 Å². The Morgan fingerprint density at radius 2 is 2.04 bits per heavy atom. The highest BCUT2D eigenvalue weighted by atomic mass is 35.5. The molecule has 2 aromatic carbocycles. The molecule has 0 fully saturated rings. The van der Waals surface area contributed by atoms with E-state index in [0.29, 0.717) is 46.8 Å². The Kier molecular flexibility index (Phi) is 3.93. The molecule has 0 spiro atoms. The van der Waals surface area contributed by atoms with E-state index >= 15 is 0 Å². The third kappa shape index (κ3) is 2.87. The average molecular weight is 355 g/mol. The van der Waals surface area contributed by atoms with Gasteiger partial charge >= 0.3 is 0 Å². The minimum Gasteiger partial charge on any atom is -0.490 e. The standard InChI is InChI=1S/C19H15ClN2O3/c1-2-24-15-5-3-4-12-10-14-18(23)21-17(22-19(14)25-16(12)15)11-6-8-13(20)9-7-11/h3-9H,2,10H2,1H3,(H,21,22,23). The van der Waals surface area contributed by atoms with E-state index in [1.165, 1.54) is 0 Å². The summed E-state index contributed by atoms with van der Waals surface area (Å²) < 4.78 is 11.6. The Balaban J connectivity index is 1.79. The van der Waals surface area contributed by atoms with Crippen molar-refractivity contribution in [1.29, 1.82) is 0 Å². The van der Waals surface area contributed by atoms with Crippen molar-refractivity contribution in [2.75, 3.05) is 6.61 Å². The van der Waals surface area contributed by atoms with Crippen LogP contribution in [0.2, 0.25) is 5.02 Å². The van der Waals surface area contributed by atoms with E-state index < -0.39 is 0 Å². The Morgan fingerprint density at radius 1 is 1.24 bits per heavy atom. The zero-order chi connectivity index (χ0) is 17.4. The number of aromatic nitrogens is 2. The summed E-state index contributed by atoms with van der Waals surface area (Å²) in [6.45, 7) is 2.45. The molecule has 0 aliphatic carbocycles. The van der Waals surface area contributed by atoms with Gasteiger partial charge in [0.1, 0.15) is 5.82 Å². The summed E-state index contributed by atoms with van der Waals surface area (Å²) in [4.78, 5) is 19.8. The summed E-state index contributed by atoms with van der Waals surface area (Å²) in [5, 5.41) is 0.621. The molecule has 25 heavy (non-hydrogen) atoms. The molecule has 1 aliphatic heterocycles. The largest absolute Gasteiger partial charge is 0.490 e. The lowest BCUT2D eigenvalue weighted by molar-refractivity contribution is 0.315. The normalized spacial score (nSPS) is 12.1. The number of benzene rings is 2. The van der Waals surface area contributed by atoms with Gasteiger partial charge in [0.05, 0.1) is 12.2 Å². The first-order chi connectivity index (χ1) is 12.2. The van der Waals surface area contributed by atoms with Gasteiger partial charge in [0, 0.05) is 22.6 Å². The van der Waals surface area contributed by atoms with Crippen molar-refractivity contribution in [3.05, 3.63) is 69.0 Å². The molecule has 0 saturated heterocycles. The fourth-order valence-electron chi connectivity index (χ4n) is 2.83. The van der Waals surface area contributed by atoms with Gasteiger partial charge in [0.15, 0.2) is 11.5 Å². The number of nitrogens with one attached hydrogen (secondary N) is 1. The summed E-state index contributed by atoms with van der Waals surface area (Å²) in [7, 11) is 0. The lowest BCUT2D eigenvalue weighted by Crippen LogP contribution is -2.20. The number of rotatable bonds is 3. The monoisotopic (exact) mass is 354 g/mol. The summed E-state index contributed by atoms with van der Waals surface area (Å²) >= 11 is 5.92. The van der Waals surface area contributed by atoms with Gasteiger partial charge in [-0.25, -0.2) is 0 Å². The summed E-state index contributed by atoms with van der Waals surface area (Å²) in [6.07, 6.45) is 0.453. The number of nitrogens with zero attached hydrogens (tertiary/aromatic N) is 1. The minimum absolute atomic E-state index is 0.206. The fourth-order valence-corrected chi connectivity index (χ4v) is 2.96. The van der Waals surface area contributed by atoms with Gasteiger partial charge in [-0.2, -0.15) is 4.98 Å². The van der Waals surface area contributed by atoms with Crippen molar-refractivity contribution in [2.45, 2.75) is 13.3 Å². The maximum absolute atomic E-state index is 12.5. The fraction of sp³-hybridized carbons (Fsp3) is 0.158. The Labute approximate surface area is 149 Å². The number of halogens is 1. The third-order valence-electron chi connectivity index (χ3n) is 4.02. The highest BCUT2D eigenvalue weighted by molar-refractivity contribution is 6.30. The summed E-state index contributed by atoms with van der Waals surface area (Å²) in [5.74, 6) is 2.03. The molecule has 0 radical (unpaired) electrons. The van der Waals surface area contributed by atoms with Gasteiger partial charge in [-0.3, -0.25) is 4.79 Å². The molecule has 0 amide bonds. The number of hydrogen-bond donors (Lipinski definition) is 1. The van der Waals surface area contributed by atoms with E-state index in [-0.39, 0.29) is 5.56 Å². The van der Waals surface area contributed by atoms with Crippen LogP contribution in [0.25, 0.3) is 11.4 Å². The van der Waals surface area contributed by atoms with Crippen LogP contribution in [0.5, 0.6) is 17.4 Å². The predicted octanol–water partition coefficient (Wildman–Crippen LogP) is 4.19. The Bertz CT molecular complexity index is 997. The molecule has 4 rings (SSSR count). The number of H-pyrrole nitrogens is 1. The predicted molar refractivity (Wildman–Crippen MR) is 95.8 cm³/mol. The van der Waals surface area contributed by atoms with Crippen molar-refractivity contribution in [3.8, 4) is 28.8 Å². The molecular formula is C19H15ClN2O3. The number of hydrogen-bond acceptors (Lipinski definition) is 4. The number of ether oxygens (including phenoxy) is 2. The molecule has 0 bridgehead atoms. The highest BCUT2D eigenvalue weighted by Crippen LogP contribution is 2.40. The maximum Gasteiger partial charge on any atom is 0.258 e.